The quantitative estimate of drug-likeness (QED) is 0.576. The first-order valence-corrected chi connectivity index (χ1v) is 10.1. The number of carbonyl (C=O) groups is 2. The summed E-state index contributed by atoms with van der Waals surface area (Å²) in [6.07, 6.45) is 1.81. The van der Waals surface area contributed by atoms with Gasteiger partial charge in [-0.3, -0.25) is 9.59 Å². The van der Waals surface area contributed by atoms with Crippen molar-refractivity contribution in [1.82, 2.24) is 4.90 Å². The van der Waals surface area contributed by atoms with Gasteiger partial charge in [0.2, 0.25) is 5.91 Å². The number of benzene rings is 2. The molecule has 2 rings (SSSR count). The fourth-order valence-corrected chi connectivity index (χ4v) is 3.34. The van der Waals surface area contributed by atoms with E-state index < -0.39 is 0 Å². The minimum absolute atomic E-state index is 0.0218. The summed E-state index contributed by atoms with van der Waals surface area (Å²) in [5.74, 6) is -0.258. The van der Waals surface area contributed by atoms with Crippen LogP contribution in [0.1, 0.15) is 37.0 Å². The number of hydrogen-bond donors (Lipinski definition) is 2. The standard InChI is InChI=1S/C21H25Cl2N3O2/c1-3-8-26(9-4-2)21(28)15-6-5-7-18(10-15)25-20(27)14-24-19-12-16(22)11-17(23)13-19/h5-7,10-13,24H,3-4,8-9,14H2,1-2H3,(H,25,27). The second kappa shape index (κ2) is 10.9. The smallest absolute Gasteiger partial charge is 0.253 e. The Morgan fingerprint density at radius 3 is 2.18 bits per heavy atom. The van der Waals surface area contributed by atoms with E-state index in [1.54, 1.807) is 42.5 Å². The third-order valence-electron chi connectivity index (χ3n) is 3.98. The lowest BCUT2D eigenvalue weighted by Gasteiger charge is -2.21. The number of anilines is 2. The second-order valence-corrected chi connectivity index (χ2v) is 7.31. The Balaban J connectivity index is 1.99. The minimum atomic E-state index is -0.236. The molecule has 0 saturated heterocycles. The van der Waals surface area contributed by atoms with Crippen molar-refractivity contribution in [3.63, 3.8) is 0 Å². The summed E-state index contributed by atoms with van der Waals surface area (Å²) in [7, 11) is 0. The zero-order chi connectivity index (χ0) is 20.5. The van der Waals surface area contributed by atoms with Crippen LogP contribution in [0.3, 0.4) is 0 Å². The highest BCUT2D eigenvalue weighted by molar-refractivity contribution is 6.35. The normalized spacial score (nSPS) is 10.4. The monoisotopic (exact) mass is 421 g/mol. The van der Waals surface area contributed by atoms with Crippen LogP contribution in [-0.2, 0) is 4.79 Å². The van der Waals surface area contributed by atoms with E-state index in [9.17, 15) is 9.59 Å². The van der Waals surface area contributed by atoms with Crippen LogP contribution in [-0.4, -0.2) is 36.3 Å². The van der Waals surface area contributed by atoms with Gasteiger partial charge in [-0.2, -0.15) is 0 Å². The Labute approximate surface area is 176 Å². The molecule has 28 heavy (non-hydrogen) atoms. The molecular formula is C21H25Cl2N3O2. The van der Waals surface area contributed by atoms with Gasteiger partial charge in [-0.1, -0.05) is 43.1 Å². The van der Waals surface area contributed by atoms with Gasteiger partial charge >= 0.3 is 0 Å². The number of nitrogens with one attached hydrogen (secondary N) is 2. The van der Waals surface area contributed by atoms with Crippen molar-refractivity contribution < 1.29 is 9.59 Å². The van der Waals surface area contributed by atoms with Gasteiger partial charge in [0.25, 0.3) is 5.91 Å². The number of hydrogen-bond acceptors (Lipinski definition) is 3. The van der Waals surface area contributed by atoms with Gasteiger partial charge in [-0.05, 0) is 49.2 Å². The van der Waals surface area contributed by atoms with Crippen LogP contribution < -0.4 is 10.6 Å². The van der Waals surface area contributed by atoms with Crippen LogP contribution in [0.5, 0.6) is 0 Å². The van der Waals surface area contributed by atoms with Gasteiger partial charge in [0.1, 0.15) is 0 Å². The fraction of sp³-hybridized carbons (Fsp3) is 0.333. The largest absolute Gasteiger partial charge is 0.376 e. The van der Waals surface area contributed by atoms with Crippen molar-refractivity contribution in [2.45, 2.75) is 26.7 Å². The molecule has 0 atom stereocenters. The van der Waals surface area contributed by atoms with Crippen LogP contribution in [0.15, 0.2) is 42.5 Å². The van der Waals surface area contributed by atoms with Gasteiger partial charge < -0.3 is 15.5 Å². The van der Waals surface area contributed by atoms with E-state index in [4.69, 9.17) is 23.2 Å². The molecule has 5 nitrogen and oxygen atoms in total. The van der Waals surface area contributed by atoms with E-state index in [0.717, 1.165) is 25.9 Å². The van der Waals surface area contributed by atoms with E-state index in [1.165, 1.54) is 0 Å². The average molecular weight is 422 g/mol. The highest BCUT2D eigenvalue weighted by atomic mass is 35.5. The maximum atomic E-state index is 12.7. The molecule has 0 aromatic heterocycles. The highest BCUT2D eigenvalue weighted by Crippen LogP contribution is 2.22. The second-order valence-electron chi connectivity index (χ2n) is 6.43. The predicted molar refractivity (Wildman–Crippen MR) is 117 cm³/mol. The molecular weight excluding hydrogens is 397 g/mol. The summed E-state index contributed by atoms with van der Waals surface area (Å²) in [4.78, 5) is 26.8. The number of rotatable bonds is 9. The molecule has 0 saturated carbocycles. The molecule has 0 heterocycles. The van der Waals surface area contributed by atoms with Gasteiger partial charge in [0.05, 0.1) is 6.54 Å². The molecule has 0 aliphatic heterocycles. The molecule has 0 spiro atoms. The topological polar surface area (TPSA) is 61.4 Å². The Morgan fingerprint density at radius 1 is 0.929 bits per heavy atom. The lowest BCUT2D eigenvalue weighted by atomic mass is 10.1. The first-order valence-electron chi connectivity index (χ1n) is 9.32. The van der Waals surface area contributed by atoms with E-state index >= 15 is 0 Å². The highest BCUT2D eigenvalue weighted by Gasteiger charge is 2.15. The van der Waals surface area contributed by atoms with Crippen LogP contribution in [0.2, 0.25) is 10.0 Å². The molecule has 2 N–H and O–H groups in total. The van der Waals surface area contributed by atoms with E-state index in [-0.39, 0.29) is 18.4 Å². The number of halogens is 2. The fourth-order valence-electron chi connectivity index (χ4n) is 2.81. The molecule has 0 fully saturated rings. The SMILES string of the molecule is CCCN(CCC)C(=O)c1cccc(NC(=O)CNc2cc(Cl)cc(Cl)c2)c1. The van der Waals surface area contributed by atoms with Crippen molar-refractivity contribution in [2.24, 2.45) is 0 Å². The Kier molecular flexibility index (Phi) is 8.61. The van der Waals surface area contributed by atoms with Crippen LogP contribution in [0.25, 0.3) is 0 Å². The third-order valence-corrected chi connectivity index (χ3v) is 4.42. The van der Waals surface area contributed by atoms with Crippen molar-refractivity contribution in [3.8, 4) is 0 Å². The Bertz CT molecular complexity index is 801. The summed E-state index contributed by atoms with van der Waals surface area (Å²) >= 11 is 11.9. The Hall–Kier alpha value is -2.24. The Morgan fingerprint density at radius 2 is 1.57 bits per heavy atom. The summed E-state index contributed by atoms with van der Waals surface area (Å²) in [5, 5.41) is 6.76. The number of amides is 2. The van der Waals surface area contributed by atoms with Crippen LogP contribution in [0, 0.1) is 0 Å². The summed E-state index contributed by atoms with van der Waals surface area (Å²) in [6.45, 7) is 5.58. The van der Waals surface area contributed by atoms with E-state index in [2.05, 4.69) is 10.6 Å². The zero-order valence-electron chi connectivity index (χ0n) is 16.1. The molecule has 0 aliphatic carbocycles. The van der Waals surface area contributed by atoms with E-state index in [0.29, 0.717) is 27.0 Å². The third kappa shape index (κ3) is 6.73. The molecule has 0 aliphatic rings. The first-order chi connectivity index (χ1) is 13.4. The average Bonchev–Trinajstić information content (AvgIpc) is 2.65. The maximum absolute atomic E-state index is 12.7. The minimum Gasteiger partial charge on any atom is -0.376 e. The van der Waals surface area contributed by atoms with Gasteiger partial charge in [0, 0.05) is 40.1 Å². The zero-order valence-corrected chi connectivity index (χ0v) is 17.6. The molecule has 0 radical (unpaired) electrons. The van der Waals surface area contributed by atoms with Crippen molar-refractivity contribution in [3.05, 3.63) is 58.1 Å². The van der Waals surface area contributed by atoms with Crippen LogP contribution >= 0.6 is 23.2 Å². The van der Waals surface area contributed by atoms with Crippen LogP contribution in [0.4, 0.5) is 11.4 Å². The molecule has 2 amide bonds. The molecule has 7 heteroatoms. The van der Waals surface area contributed by atoms with E-state index in [1.807, 2.05) is 18.7 Å². The number of carbonyl (C=O) groups excluding carboxylic acids is 2. The summed E-state index contributed by atoms with van der Waals surface area (Å²) < 4.78 is 0. The lowest BCUT2D eigenvalue weighted by Crippen LogP contribution is -2.32. The molecule has 2 aromatic carbocycles. The number of nitrogens with zero attached hydrogens (tertiary/aromatic N) is 1. The summed E-state index contributed by atoms with van der Waals surface area (Å²) in [6, 6.07) is 12.0. The molecule has 0 unspecified atom stereocenters. The molecule has 0 bridgehead atoms. The maximum Gasteiger partial charge on any atom is 0.253 e. The summed E-state index contributed by atoms with van der Waals surface area (Å²) in [5.41, 5.74) is 1.80. The van der Waals surface area contributed by atoms with Crippen molar-refractivity contribution >= 4 is 46.4 Å². The van der Waals surface area contributed by atoms with Gasteiger partial charge in [0.15, 0.2) is 0 Å². The van der Waals surface area contributed by atoms with Gasteiger partial charge in [-0.25, -0.2) is 0 Å². The first kappa shape index (κ1) is 22.1. The molecule has 2 aromatic rings. The molecule has 150 valence electrons. The van der Waals surface area contributed by atoms with Crippen molar-refractivity contribution in [1.29, 1.82) is 0 Å². The van der Waals surface area contributed by atoms with Crippen molar-refractivity contribution in [2.75, 3.05) is 30.3 Å². The predicted octanol–water partition coefficient (Wildman–Crippen LogP) is 5.31. The lowest BCUT2D eigenvalue weighted by molar-refractivity contribution is -0.114. The van der Waals surface area contributed by atoms with Gasteiger partial charge in [-0.15, -0.1) is 0 Å².